The van der Waals surface area contributed by atoms with Crippen molar-refractivity contribution in [2.45, 2.75) is 0 Å². The van der Waals surface area contributed by atoms with Gasteiger partial charge in [-0.25, -0.2) is 4.79 Å². The molecule has 1 aromatic carbocycles. The number of esters is 1. The number of benzene rings is 1. The van der Waals surface area contributed by atoms with Gasteiger partial charge in [-0.05, 0) is 6.07 Å². The van der Waals surface area contributed by atoms with Crippen LogP contribution in [-0.4, -0.2) is 35.6 Å². The van der Waals surface area contributed by atoms with E-state index in [1.807, 2.05) is 0 Å². The van der Waals surface area contributed by atoms with Crippen LogP contribution in [0.5, 0.6) is 0 Å². The number of hydrogen-bond acceptors (Lipinski definition) is 6. The normalized spacial score (nSPS) is 9.61. The second kappa shape index (κ2) is 5.62. The van der Waals surface area contributed by atoms with E-state index in [0.717, 1.165) is 12.1 Å². The molecular weight excluding hydrogens is 244 g/mol. The Balaban J connectivity index is 3.00. The highest BCUT2D eigenvalue weighted by molar-refractivity contribution is 5.95. The van der Waals surface area contributed by atoms with Crippen LogP contribution in [0.3, 0.4) is 0 Å². The molecule has 8 heteroatoms. The standard InChI is InChI=1S/C10H10N2O6/c1-18-9(13)5-11-8-3-2-6(12(16)17)4-7(8)10(14)15/h2-4,11H,5H2,1H3,(H,14,15). The first-order valence-electron chi connectivity index (χ1n) is 4.78. The van der Waals surface area contributed by atoms with Gasteiger partial charge in [-0.2, -0.15) is 0 Å². The first-order valence-corrected chi connectivity index (χ1v) is 4.78. The van der Waals surface area contributed by atoms with Gasteiger partial charge in [-0.15, -0.1) is 0 Å². The van der Waals surface area contributed by atoms with E-state index in [1.54, 1.807) is 0 Å². The van der Waals surface area contributed by atoms with Crippen LogP contribution in [0.1, 0.15) is 10.4 Å². The maximum absolute atomic E-state index is 10.9. The summed E-state index contributed by atoms with van der Waals surface area (Å²) in [7, 11) is 1.19. The van der Waals surface area contributed by atoms with Gasteiger partial charge in [-0.1, -0.05) is 0 Å². The van der Waals surface area contributed by atoms with Crippen molar-refractivity contribution in [1.29, 1.82) is 0 Å². The van der Waals surface area contributed by atoms with Gasteiger partial charge in [0.25, 0.3) is 5.69 Å². The van der Waals surface area contributed by atoms with Crippen LogP contribution in [0.4, 0.5) is 11.4 Å². The van der Waals surface area contributed by atoms with Crippen molar-refractivity contribution >= 4 is 23.3 Å². The number of methoxy groups -OCH3 is 1. The molecule has 0 spiro atoms. The first kappa shape index (κ1) is 13.4. The van der Waals surface area contributed by atoms with Crippen LogP contribution in [-0.2, 0) is 9.53 Å². The van der Waals surface area contributed by atoms with E-state index in [-0.39, 0.29) is 23.5 Å². The van der Waals surface area contributed by atoms with Gasteiger partial charge < -0.3 is 15.2 Å². The Hall–Kier alpha value is -2.64. The van der Waals surface area contributed by atoms with Crippen molar-refractivity contribution in [3.63, 3.8) is 0 Å². The summed E-state index contributed by atoms with van der Waals surface area (Å²) in [6.07, 6.45) is 0. The number of carbonyl (C=O) groups is 2. The van der Waals surface area contributed by atoms with Crippen LogP contribution < -0.4 is 5.32 Å². The van der Waals surface area contributed by atoms with Crippen LogP contribution in [0.2, 0.25) is 0 Å². The largest absolute Gasteiger partial charge is 0.478 e. The lowest BCUT2D eigenvalue weighted by Crippen LogP contribution is -2.16. The lowest BCUT2D eigenvalue weighted by Gasteiger charge is -2.08. The highest BCUT2D eigenvalue weighted by Gasteiger charge is 2.16. The van der Waals surface area contributed by atoms with E-state index in [1.165, 1.54) is 13.2 Å². The zero-order chi connectivity index (χ0) is 13.7. The fourth-order valence-corrected chi connectivity index (χ4v) is 1.22. The van der Waals surface area contributed by atoms with Gasteiger partial charge in [0, 0.05) is 17.8 Å². The molecule has 0 saturated heterocycles. The van der Waals surface area contributed by atoms with E-state index in [2.05, 4.69) is 10.1 Å². The van der Waals surface area contributed by atoms with E-state index >= 15 is 0 Å². The van der Waals surface area contributed by atoms with E-state index < -0.39 is 16.9 Å². The molecule has 0 aromatic heterocycles. The summed E-state index contributed by atoms with van der Waals surface area (Å²) >= 11 is 0. The Labute approximate surface area is 101 Å². The average molecular weight is 254 g/mol. The highest BCUT2D eigenvalue weighted by atomic mass is 16.6. The molecule has 0 aliphatic carbocycles. The summed E-state index contributed by atoms with van der Waals surface area (Å²) in [5.74, 6) is -1.91. The number of carboxylic acid groups (broad SMARTS) is 1. The SMILES string of the molecule is COC(=O)CNc1ccc([N+](=O)[O-])cc1C(=O)O. The molecule has 1 rings (SSSR count). The fourth-order valence-electron chi connectivity index (χ4n) is 1.22. The number of carboxylic acids is 1. The molecule has 0 heterocycles. The molecule has 0 amide bonds. The van der Waals surface area contributed by atoms with Crippen LogP contribution in [0.25, 0.3) is 0 Å². The number of aromatic carboxylic acids is 1. The van der Waals surface area contributed by atoms with Gasteiger partial charge >= 0.3 is 11.9 Å². The number of non-ortho nitro benzene ring substituents is 1. The maximum Gasteiger partial charge on any atom is 0.338 e. The van der Waals surface area contributed by atoms with E-state index in [4.69, 9.17) is 5.11 Å². The molecule has 8 nitrogen and oxygen atoms in total. The Bertz CT molecular complexity index is 499. The minimum absolute atomic E-state index is 0.110. The second-order valence-electron chi connectivity index (χ2n) is 3.22. The zero-order valence-electron chi connectivity index (χ0n) is 9.37. The number of hydrogen-bond donors (Lipinski definition) is 2. The topological polar surface area (TPSA) is 119 Å². The van der Waals surface area contributed by atoms with Crippen LogP contribution in [0.15, 0.2) is 18.2 Å². The van der Waals surface area contributed by atoms with Crippen molar-refractivity contribution in [2.24, 2.45) is 0 Å². The first-order chi connectivity index (χ1) is 8.45. The Morgan fingerprint density at radius 1 is 1.50 bits per heavy atom. The van der Waals surface area contributed by atoms with Gasteiger partial charge in [0.2, 0.25) is 0 Å². The summed E-state index contributed by atoms with van der Waals surface area (Å²) in [5.41, 5.74) is -0.511. The number of anilines is 1. The van der Waals surface area contributed by atoms with Crippen molar-refractivity contribution in [3.8, 4) is 0 Å². The molecule has 0 fully saturated rings. The summed E-state index contributed by atoms with van der Waals surface area (Å²) in [4.78, 5) is 31.7. The average Bonchev–Trinajstić information content (AvgIpc) is 2.35. The summed E-state index contributed by atoms with van der Waals surface area (Å²) < 4.78 is 4.38. The lowest BCUT2D eigenvalue weighted by molar-refractivity contribution is -0.384. The molecule has 0 unspecified atom stereocenters. The van der Waals surface area contributed by atoms with Crippen molar-refractivity contribution in [1.82, 2.24) is 0 Å². The summed E-state index contributed by atoms with van der Waals surface area (Å²) in [5, 5.41) is 22.0. The van der Waals surface area contributed by atoms with Crippen LogP contribution in [0, 0.1) is 10.1 Å². The van der Waals surface area contributed by atoms with E-state index in [0.29, 0.717) is 0 Å². The lowest BCUT2D eigenvalue weighted by atomic mass is 10.1. The molecule has 0 saturated carbocycles. The number of nitrogens with zero attached hydrogens (tertiary/aromatic N) is 1. The third kappa shape index (κ3) is 3.17. The molecule has 0 radical (unpaired) electrons. The Morgan fingerprint density at radius 3 is 2.67 bits per heavy atom. The number of nitro groups is 1. The van der Waals surface area contributed by atoms with E-state index in [9.17, 15) is 19.7 Å². The van der Waals surface area contributed by atoms with Crippen molar-refractivity contribution in [2.75, 3.05) is 19.0 Å². The van der Waals surface area contributed by atoms with Crippen LogP contribution >= 0.6 is 0 Å². The quantitative estimate of drug-likeness (QED) is 0.454. The number of nitrogens with one attached hydrogen (secondary N) is 1. The third-order valence-electron chi connectivity index (χ3n) is 2.10. The summed E-state index contributed by atoms with van der Waals surface area (Å²) in [6.45, 7) is -0.228. The molecule has 0 aliphatic heterocycles. The number of nitro benzene ring substituents is 1. The molecular formula is C10H10N2O6. The molecule has 1 aromatic rings. The Morgan fingerprint density at radius 2 is 2.17 bits per heavy atom. The molecule has 0 bridgehead atoms. The van der Waals surface area contributed by atoms with Gasteiger partial charge in [0.1, 0.15) is 6.54 Å². The number of rotatable bonds is 5. The number of carbonyl (C=O) groups excluding carboxylic acids is 1. The molecule has 2 N–H and O–H groups in total. The summed E-state index contributed by atoms with van der Waals surface area (Å²) in [6, 6.07) is 3.29. The Kier molecular flexibility index (Phi) is 4.19. The number of ether oxygens (including phenoxy) is 1. The smallest absolute Gasteiger partial charge is 0.338 e. The van der Waals surface area contributed by atoms with Gasteiger partial charge in [0.05, 0.1) is 17.6 Å². The highest BCUT2D eigenvalue weighted by Crippen LogP contribution is 2.22. The minimum atomic E-state index is -1.33. The monoisotopic (exact) mass is 254 g/mol. The minimum Gasteiger partial charge on any atom is -0.478 e. The van der Waals surface area contributed by atoms with Crippen molar-refractivity contribution in [3.05, 3.63) is 33.9 Å². The molecule has 0 atom stereocenters. The fraction of sp³-hybridized carbons (Fsp3) is 0.200. The molecule has 96 valence electrons. The molecule has 18 heavy (non-hydrogen) atoms. The zero-order valence-corrected chi connectivity index (χ0v) is 9.37. The predicted octanol–water partition coefficient (Wildman–Crippen LogP) is 0.878. The molecule has 0 aliphatic rings. The maximum atomic E-state index is 10.9. The van der Waals surface area contributed by atoms with Gasteiger partial charge in [0.15, 0.2) is 0 Å². The van der Waals surface area contributed by atoms with Crippen molar-refractivity contribution < 1.29 is 24.4 Å². The predicted molar refractivity (Wildman–Crippen MR) is 60.6 cm³/mol. The van der Waals surface area contributed by atoms with Gasteiger partial charge in [-0.3, -0.25) is 14.9 Å². The second-order valence-corrected chi connectivity index (χ2v) is 3.22. The third-order valence-corrected chi connectivity index (χ3v) is 2.10.